The number of hydrogen-bond donors (Lipinski definition) is 1. The summed E-state index contributed by atoms with van der Waals surface area (Å²) in [5.74, 6) is 1.01. The minimum absolute atomic E-state index is 0.192. The first-order valence-corrected chi connectivity index (χ1v) is 9.72. The van der Waals surface area contributed by atoms with Crippen molar-refractivity contribution in [3.63, 3.8) is 0 Å². The number of nitrogens with one attached hydrogen (secondary N) is 1. The number of benzene rings is 2. The largest absolute Gasteiger partial charge is 0.337 e. The number of rotatable bonds is 3. The zero-order chi connectivity index (χ0) is 19.5. The third-order valence-electron chi connectivity index (χ3n) is 4.84. The van der Waals surface area contributed by atoms with Crippen molar-refractivity contribution in [2.75, 3.05) is 11.9 Å². The summed E-state index contributed by atoms with van der Waals surface area (Å²) in [7, 11) is 0. The fourth-order valence-corrected chi connectivity index (χ4v) is 3.66. The fraction of sp³-hybridized carbons (Fsp3) is 0.286. The standard InChI is InChI=1S/C21H21ClN4O2/c1-14-6-4-7-15(12-14)19-24-20(28-25-19)18-10-2-3-11-26(18)21(27)23-17-9-5-8-16(22)13-17/h4-9,12-13,18H,2-3,10-11H2,1H3,(H,23,27). The smallest absolute Gasteiger partial charge is 0.322 e. The van der Waals surface area contributed by atoms with E-state index in [0.29, 0.717) is 29.0 Å². The molecular formula is C21H21ClN4O2. The summed E-state index contributed by atoms with van der Waals surface area (Å²) in [4.78, 5) is 19.2. The van der Waals surface area contributed by atoms with Gasteiger partial charge in [-0.15, -0.1) is 0 Å². The Balaban J connectivity index is 1.55. The van der Waals surface area contributed by atoms with Crippen LogP contribution in [-0.2, 0) is 0 Å². The lowest BCUT2D eigenvalue weighted by Crippen LogP contribution is -2.41. The van der Waals surface area contributed by atoms with E-state index in [1.165, 1.54) is 0 Å². The SMILES string of the molecule is Cc1cccc(-c2noc(C3CCCCN3C(=O)Nc3cccc(Cl)c3)n2)c1. The predicted molar refractivity (Wildman–Crippen MR) is 108 cm³/mol. The molecule has 1 atom stereocenters. The molecule has 0 saturated carbocycles. The van der Waals surface area contributed by atoms with E-state index in [-0.39, 0.29) is 12.1 Å². The topological polar surface area (TPSA) is 71.3 Å². The van der Waals surface area contributed by atoms with Gasteiger partial charge in [0.05, 0.1) is 0 Å². The minimum Gasteiger partial charge on any atom is -0.337 e. The molecule has 3 aromatic rings. The molecule has 2 heterocycles. The van der Waals surface area contributed by atoms with Crippen molar-refractivity contribution in [2.24, 2.45) is 0 Å². The van der Waals surface area contributed by atoms with Gasteiger partial charge in [-0.3, -0.25) is 0 Å². The van der Waals surface area contributed by atoms with Crippen LogP contribution >= 0.6 is 11.6 Å². The highest BCUT2D eigenvalue weighted by molar-refractivity contribution is 6.30. The van der Waals surface area contributed by atoms with E-state index in [2.05, 4.69) is 15.5 Å². The summed E-state index contributed by atoms with van der Waals surface area (Å²) in [6.45, 7) is 2.66. The van der Waals surface area contributed by atoms with Gasteiger partial charge in [-0.2, -0.15) is 4.98 Å². The lowest BCUT2D eigenvalue weighted by Gasteiger charge is -2.33. The van der Waals surface area contributed by atoms with Crippen LogP contribution in [0, 0.1) is 6.92 Å². The van der Waals surface area contributed by atoms with E-state index in [0.717, 1.165) is 30.4 Å². The maximum Gasteiger partial charge on any atom is 0.322 e. The van der Waals surface area contributed by atoms with Crippen LogP contribution in [0.4, 0.5) is 10.5 Å². The highest BCUT2D eigenvalue weighted by atomic mass is 35.5. The number of hydrogen-bond acceptors (Lipinski definition) is 4. The number of urea groups is 1. The molecule has 0 spiro atoms. The zero-order valence-corrected chi connectivity index (χ0v) is 16.3. The fourth-order valence-electron chi connectivity index (χ4n) is 3.46. The number of likely N-dealkylation sites (tertiary alicyclic amines) is 1. The normalized spacial score (nSPS) is 16.8. The summed E-state index contributed by atoms with van der Waals surface area (Å²) in [6, 6.07) is 14.6. The first-order chi connectivity index (χ1) is 13.6. The van der Waals surface area contributed by atoms with E-state index in [9.17, 15) is 4.79 Å². The first-order valence-electron chi connectivity index (χ1n) is 9.34. The van der Waals surface area contributed by atoms with Gasteiger partial charge in [0.2, 0.25) is 11.7 Å². The Morgan fingerprint density at radius 1 is 1.21 bits per heavy atom. The van der Waals surface area contributed by atoms with E-state index in [1.54, 1.807) is 23.1 Å². The van der Waals surface area contributed by atoms with Crippen LogP contribution in [-0.4, -0.2) is 27.6 Å². The quantitative estimate of drug-likeness (QED) is 0.638. The van der Waals surface area contributed by atoms with Crippen LogP contribution < -0.4 is 5.32 Å². The molecule has 2 aromatic carbocycles. The summed E-state index contributed by atoms with van der Waals surface area (Å²) in [6.07, 6.45) is 2.74. The number of carbonyl (C=O) groups excluding carboxylic acids is 1. The molecule has 1 unspecified atom stereocenters. The van der Waals surface area contributed by atoms with Crippen molar-refractivity contribution in [1.82, 2.24) is 15.0 Å². The van der Waals surface area contributed by atoms with Crippen molar-refractivity contribution in [1.29, 1.82) is 0 Å². The lowest BCUT2D eigenvalue weighted by atomic mass is 10.0. The van der Waals surface area contributed by atoms with E-state index < -0.39 is 0 Å². The Morgan fingerprint density at radius 2 is 2.07 bits per heavy atom. The second-order valence-electron chi connectivity index (χ2n) is 6.97. The van der Waals surface area contributed by atoms with Crippen molar-refractivity contribution >= 4 is 23.3 Å². The number of carbonyl (C=O) groups is 1. The Kier molecular flexibility index (Phi) is 5.30. The number of piperidine rings is 1. The molecule has 28 heavy (non-hydrogen) atoms. The molecule has 1 aliphatic heterocycles. The van der Waals surface area contributed by atoms with Crippen molar-refractivity contribution in [3.8, 4) is 11.4 Å². The van der Waals surface area contributed by atoms with Crippen LogP contribution in [0.2, 0.25) is 5.02 Å². The molecular weight excluding hydrogens is 376 g/mol. The van der Waals surface area contributed by atoms with Crippen molar-refractivity contribution in [3.05, 3.63) is 65.0 Å². The third kappa shape index (κ3) is 4.02. The molecule has 0 aliphatic carbocycles. The molecule has 0 bridgehead atoms. The number of halogens is 1. The molecule has 1 fully saturated rings. The van der Waals surface area contributed by atoms with Gasteiger partial charge in [0.1, 0.15) is 6.04 Å². The van der Waals surface area contributed by atoms with Gasteiger partial charge in [-0.1, -0.05) is 46.6 Å². The predicted octanol–water partition coefficient (Wildman–Crippen LogP) is 5.46. The molecule has 1 saturated heterocycles. The molecule has 144 valence electrons. The molecule has 1 aromatic heterocycles. The summed E-state index contributed by atoms with van der Waals surface area (Å²) in [5.41, 5.74) is 2.69. The second-order valence-corrected chi connectivity index (χ2v) is 7.41. The highest BCUT2D eigenvalue weighted by Crippen LogP contribution is 2.32. The maximum absolute atomic E-state index is 12.9. The second kappa shape index (κ2) is 8.02. The Morgan fingerprint density at radius 3 is 2.89 bits per heavy atom. The van der Waals surface area contributed by atoms with Gasteiger partial charge < -0.3 is 14.7 Å². The molecule has 0 radical (unpaired) electrons. The van der Waals surface area contributed by atoms with Crippen molar-refractivity contribution in [2.45, 2.75) is 32.2 Å². The van der Waals surface area contributed by atoms with Crippen LogP contribution in [0.3, 0.4) is 0 Å². The van der Waals surface area contributed by atoms with Gasteiger partial charge in [-0.05, 0) is 50.5 Å². The van der Waals surface area contributed by atoms with E-state index >= 15 is 0 Å². The zero-order valence-electron chi connectivity index (χ0n) is 15.6. The molecule has 2 amide bonds. The average Bonchev–Trinajstić information content (AvgIpc) is 3.18. The number of amides is 2. The van der Waals surface area contributed by atoms with Gasteiger partial charge in [0.25, 0.3) is 0 Å². The highest BCUT2D eigenvalue weighted by Gasteiger charge is 2.32. The van der Waals surface area contributed by atoms with Crippen LogP contribution in [0.15, 0.2) is 53.1 Å². The van der Waals surface area contributed by atoms with E-state index in [1.807, 2.05) is 37.3 Å². The average molecular weight is 397 g/mol. The molecule has 7 heteroatoms. The molecule has 1 aliphatic rings. The third-order valence-corrected chi connectivity index (χ3v) is 5.08. The monoisotopic (exact) mass is 396 g/mol. The van der Waals surface area contributed by atoms with Gasteiger partial charge >= 0.3 is 6.03 Å². The van der Waals surface area contributed by atoms with Crippen LogP contribution in [0.5, 0.6) is 0 Å². The molecule has 4 rings (SSSR count). The summed E-state index contributed by atoms with van der Waals surface area (Å²) < 4.78 is 5.54. The Labute approximate surface area is 168 Å². The summed E-state index contributed by atoms with van der Waals surface area (Å²) in [5, 5.41) is 7.62. The van der Waals surface area contributed by atoms with Gasteiger partial charge in [-0.25, -0.2) is 4.79 Å². The summed E-state index contributed by atoms with van der Waals surface area (Å²) >= 11 is 6.01. The molecule has 1 N–H and O–H groups in total. The van der Waals surface area contributed by atoms with E-state index in [4.69, 9.17) is 16.1 Å². The van der Waals surface area contributed by atoms with Gasteiger partial charge in [0, 0.05) is 22.8 Å². The van der Waals surface area contributed by atoms with Crippen LogP contribution in [0.25, 0.3) is 11.4 Å². The number of nitrogens with zero attached hydrogens (tertiary/aromatic N) is 3. The number of anilines is 1. The van der Waals surface area contributed by atoms with Crippen LogP contribution in [0.1, 0.15) is 36.8 Å². The Bertz CT molecular complexity index is 988. The molecule has 6 nitrogen and oxygen atoms in total. The lowest BCUT2D eigenvalue weighted by molar-refractivity contribution is 0.142. The van der Waals surface area contributed by atoms with Crippen molar-refractivity contribution < 1.29 is 9.32 Å². The Hall–Kier alpha value is -2.86. The maximum atomic E-state index is 12.9. The minimum atomic E-state index is -0.237. The number of aryl methyl sites for hydroxylation is 1. The van der Waals surface area contributed by atoms with Gasteiger partial charge in [0.15, 0.2) is 0 Å². The number of aromatic nitrogens is 2. The first kappa shape index (κ1) is 18.5.